The van der Waals surface area contributed by atoms with Crippen molar-refractivity contribution in [1.82, 2.24) is 0 Å². The highest BCUT2D eigenvalue weighted by Crippen LogP contribution is 2.30. The fourth-order valence-electron chi connectivity index (χ4n) is 3.87. The van der Waals surface area contributed by atoms with E-state index >= 15 is 0 Å². The Morgan fingerprint density at radius 2 is 1.21 bits per heavy atom. The standard InChI is InChI=1S/C18H32O15/c1-4-7(20)10(23)14(27)17(30-4)33-15-12(25)8(21)5(2-19)32-18(15)29-3-6-9(22)11(24)13(26)16(28)31-6/h4-28H,2-3H2,1H3/t4-,5+,6+,7+,8-,9+,10+,11-,12-,13+,14-,15+,16+,17-,18+/m0/s1. The van der Waals surface area contributed by atoms with Crippen LogP contribution in [0.1, 0.15) is 6.92 Å². The maximum absolute atomic E-state index is 10.5. The van der Waals surface area contributed by atoms with E-state index < -0.39 is 105 Å². The van der Waals surface area contributed by atoms with E-state index in [1.54, 1.807) is 0 Å². The van der Waals surface area contributed by atoms with Crippen LogP contribution in [0, 0.1) is 0 Å². The Balaban J connectivity index is 1.72. The van der Waals surface area contributed by atoms with Crippen LogP contribution in [0.25, 0.3) is 0 Å². The Morgan fingerprint density at radius 3 is 1.85 bits per heavy atom. The molecule has 3 fully saturated rings. The maximum Gasteiger partial charge on any atom is 0.187 e. The van der Waals surface area contributed by atoms with Crippen molar-refractivity contribution in [3.05, 3.63) is 0 Å². The van der Waals surface area contributed by atoms with E-state index in [0.29, 0.717) is 0 Å². The van der Waals surface area contributed by atoms with Gasteiger partial charge in [-0.05, 0) is 6.92 Å². The van der Waals surface area contributed by atoms with Crippen LogP contribution in [-0.4, -0.2) is 156 Å². The third-order valence-electron chi connectivity index (χ3n) is 6.04. The molecule has 3 rings (SSSR count). The lowest BCUT2D eigenvalue weighted by Gasteiger charge is -2.46. The van der Waals surface area contributed by atoms with Crippen molar-refractivity contribution in [3.63, 3.8) is 0 Å². The summed E-state index contributed by atoms with van der Waals surface area (Å²) in [5.41, 5.74) is 0. The van der Waals surface area contributed by atoms with Gasteiger partial charge in [-0.25, -0.2) is 0 Å². The van der Waals surface area contributed by atoms with Gasteiger partial charge in [0.2, 0.25) is 0 Å². The molecular weight excluding hydrogens is 456 g/mol. The van der Waals surface area contributed by atoms with Crippen molar-refractivity contribution in [2.45, 2.75) is 99.0 Å². The molecule has 0 spiro atoms. The lowest BCUT2D eigenvalue weighted by Crippen LogP contribution is -2.64. The lowest BCUT2D eigenvalue weighted by atomic mass is 9.97. The zero-order valence-electron chi connectivity index (χ0n) is 17.6. The summed E-state index contributed by atoms with van der Waals surface area (Å²) in [5, 5.41) is 99.2. The minimum absolute atomic E-state index is 0.570. The number of hydrogen-bond acceptors (Lipinski definition) is 15. The van der Waals surface area contributed by atoms with Crippen molar-refractivity contribution in [3.8, 4) is 0 Å². The lowest BCUT2D eigenvalue weighted by molar-refractivity contribution is -0.370. The van der Waals surface area contributed by atoms with Crippen molar-refractivity contribution < 1.29 is 74.7 Å². The Bertz CT molecular complexity index is 626. The predicted molar refractivity (Wildman–Crippen MR) is 99.8 cm³/mol. The summed E-state index contributed by atoms with van der Waals surface area (Å²) in [6.45, 7) is 0.113. The maximum atomic E-state index is 10.5. The second-order valence-electron chi connectivity index (χ2n) is 8.36. The zero-order valence-corrected chi connectivity index (χ0v) is 17.6. The Kier molecular flexibility index (Phi) is 8.99. The van der Waals surface area contributed by atoms with Crippen LogP contribution < -0.4 is 0 Å². The Labute approximate surface area is 187 Å². The van der Waals surface area contributed by atoms with Gasteiger partial charge >= 0.3 is 0 Å². The minimum atomic E-state index is -1.82. The van der Waals surface area contributed by atoms with Gasteiger partial charge in [0.25, 0.3) is 0 Å². The highest BCUT2D eigenvalue weighted by Gasteiger charge is 2.51. The fraction of sp³-hybridized carbons (Fsp3) is 1.00. The molecule has 3 saturated heterocycles. The van der Waals surface area contributed by atoms with Gasteiger partial charge in [-0.3, -0.25) is 0 Å². The molecule has 0 aromatic heterocycles. The van der Waals surface area contributed by atoms with E-state index in [-0.39, 0.29) is 0 Å². The van der Waals surface area contributed by atoms with Crippen molar-refractivity contribution in [1.29, 1.82) is 0 Å². The van der Waals surface area contributed by atoms with Crippen LogP contribution in [0.5, 0.6) is 0 Å². The van der Waals surface area contributed by atoms with E-state index in [4.69, 9.17) is 23.7 Å². The first kappa shape index (κ1) is 27.0. The van der Waals surface area contributed by atoms with Crippen molar-refractivity contribution >= 4 is 0 Å². The van der Waals surface area contributed by atoms with Gasteiger partial charge in [0.15, 0.2) is 18.9 Å². The number of rotatable bonds is 6. The van der Waals surface area contributed by atoms with Gasteiger partial charge < -0.3 is 74.7 Å². The van der Waals surface area contributed by atoms with Crippen molar-refractivity contribution in [2.24, 2.45) is 0 Å². The van der Waals surface area contributed by atoms with Crippen LogP contribution in [0.2, 0.25) is 0 Å². The molecule has 15 atom stereocenters. The monoisotopic (exact) mass is 488 g/mol. The molecule has 33 heavy (non-hydrogen) atoms. The topological polar surface area (TPSA) is 248 Å². The molecule has 0 amide bonds. The molecule has 10 N–H and O–H groups in total. The van der Waals surface area contributed by atoms with E-state index in [1.807, 2.05) is 0 Å². The molecule has 0 radical (unpaired) electrons. The molecule has 3 aliphatic rings. The second kappa shape index (κ2) is 11.0. The molecule has 3 aliphatic heterocycles. The SMILES string of the molecule is C[C@@H]1O[C@@H](O[C@H]2[C@H](OC[C@H]3O[C@@H](O)[C@H](O)[C@@H](O)[C@@H]3O)O[C@H](CO)[C@H](O)[C@@H]2O)[C@@H](O)[C@H](O)[C@@H]1O. The summed E-state index contributed by atoms with van der Waals surface area (Å²) in [7, 11) is 0. The zero-order chi connectivity index (χ0) is 24.6. The smallest absolute Gasteiger partial charge is 0.187 e. The van der Waals surface area contributed by atoms with Crippen LogP contribution in [0.3, 0.4) is 0 Å². The average Bonchev–Trinajstić information content (AvgIpc) is 2.79. The van der Waals surface area contributed by atoms with Crippen LogP contribution in [0.15, 0.2) is 0 Å². The highest BCUT2D eigenvalue weighted by atomic mass is 16.8. The first-order chi connectivity index (χ1) is 15.5. The Hall–Kier alpha value is -0.600. The van der Waals surface area contributed by atoms with Gasteiger partial charge in [0.1, 0.15) is 67.1 Å². The molecule has 3 heterocycles. The van der Waals surface area contributed by atoms with E-state index in [2.05, 4.69) is 0 Å². The highest BCUT2D eigenvalue weighted by molar-refractivity contribution is 4.94. The molecule has 0 aliphatic carbocycles. The molecule has 0 aromatic carbocycles. The normalized spacial score (nSPS) is 53.7. The first-order valence-electron chi connectivity index (χ1n) is 10.4. The second-order valence-corrected chi connectivity index (χ2v) is 8.36. The molecule has 15 heteroatoms. The van der Waals surface area contributed by atoms with Crippen LogP contribution in [-0.2, 0) is 23.7 Å². The summed E-state index contributed by atoms with van der Waals surface area (Å²) in [5.74, 6) is 0. The van der Waals surface area contributed by atoms with Crippen LogP contribution >= 0.6 is 0 Å². The molecule has 0 bridgehead atoms. The third-order valence-corrected chi connectivity index (χ3v) is 6.04. The summed E-state index contributed by atoms with van der Waals surface area (Å²) in [4.78, 5) is 0. The summed E-state index contributed by atoms with van der Waals surface area (Å²) < 4.78 is 26.7. The first-order valence-corrected chi connectivity index (χ1v) is 10.4. The molecule has 0 saturated carbocycles. The number of aliphatic hydroxyl groups is 10. The van der Waals surface area contributed by atoms with Gasteiger partial charge in [0.05, 0.1) is 19.3 Å². The van der Waals surface area contributed by atoms with E-state index in [9.17, 15) is 51.1 Å². The van der Waals surface area contributed by atoms with E-state index in [0.717, 1.165) is 0 Å². The molecule has 194 valence electrons. The number of aliphatic hydroxyl groups excluding tert-OH is 10. The predicted octanol–water partition coefficient (Wildman–Crippen LogP) is -6.55. The minimum Gasteiger partial charge on any atom is -0.394 e. The average molecular weight is 488 g/mol. The van der Waals surface area contributed by atoms with E-state index in [1.165, 1.54) is 6.92 Å². The number of ether oxygens (including phenoxy) is 5. The summed E-state index contributed by atoms with van der Waals surface area (Å²) in [6.07, 6.45) is -23.6. The van der Waals surface area contributed by atoms with Gasteiger partial charge in [-0.1, -0.05) is 0 Å². The third kappa shape index (κ3) is 5.48. The number of hydrogen-bond donors (Lipinski definition) is 10. The molecule has 0 aromatic rings. The molecule has 15 nitrogen and oxygen atoms in total. The van der Waals surface area contributed by atoms with Gasteiger partial charge in [-0.2, -0.15) is 0 Å². The van der Waals surface area contributed by atoms with Gasteiger partial charge in [0, 0.05) is 0 Å². The fourth-order valence-corrected chi connectivity index (χ4v) is 3.87. The van der Waals surface area contributed by atoms with Crippen LogP contribution in [0.4, 0.5) is 0 Å². The van der Waals surface area contributed by atoms with Crippen molar-refractivity contribution in [2.75, 3.05) is 13.2 Å². The summed E-state index contributed by atoms with van der Waals surface area (Å²) in [6, 6.07) is 0. The largest absolute Gasteiger partial charge is 0.394 e. The van der Waals surface area contributed by atoms with Gasteiger partial charge in [-0.15, -0.1) is 0 Å². The molecule has 0 unspecified atom stereocenters. The summed E-state index contributed by atoms with van der Waals surface area (Å²) >= 11 is 0. The quantitative estimate of drug-likeness (QED) is 0.167. The Morgan fingerprint density at radius 1 is 0.606 bits per heavy atom. The molecular formula is C18H32O15.